The minimum Gasteiger partial charge on any atom is -0.493 e. The first-order chi connectivity index (χ1) is 11.5. The molecule has 0 radical (unpaired) electrons. The molecular weight excluding hydrogens is 332 g/mol. The van der Waals surface area contributed by atoms with Crippen molar-refractivity contribution >= 4 is 21.8 Å². The summed E-state index contributed by atoms with van der Waals surface area (Å²) in [5, 5.41) is 2.69. The monoisotopic (exact) mass is 348 g/mol. The largest absolute Gasteiger partial charge is 0.493 e. The van der Waals surface area contributed by atoms with Crippen molar-refractivity contribution in [3.8, 4) is 11.5 Å². The maximum Gasteiger partial charge on any atom is 0.339 e. The predicted molar refractivity (Wildman–Crippen MR) is 88.0 cm³/mol. The number of para-hydroxylation sites is 2. The summed E-state index contributed by atoms with van der Waals surface area (Å²) in [4.78, 5) is 13.2. The van der Waals surface area contributed by atoms with Crippen molar-refractivity contribution in [1.29, 1.82) is 0 Å². The highest BCUT2D eigenvalue weighted by molar-refractivity contribution is 7.87. The molecule has 8 heteroatoms. The zero-order valence-electron chi connectivity index (χ0n) is 12.9. The lowest BCUT2D eigenvalue weighted by Crippen LogP contribution is -2.27. The molecule has 7 nitrogen and oxygen atoms in total. The fraction of sp³-hybridized carbons (Fsp3) is 0.188. The standard InChI is InChI=1S/C16H16N2O5S/c1-22-14-4-2-3-5-15(14)23-24(20,21)13-8-6-12(7-9-13)18-11-10-17-16(18)19/h2-9H,10-11H2,1H3,(H,17,19). The van der Waals surface area contributed by atoms with Crippen molar-refractivity contribution in [2.24, 2.45) is 0 Å². The van der Waals surface area contributed by atoms with Gasteiger partial charge in [-0.25, -0.2) is 4.79 Å². The average Bonchev–Trinajstić information content (AvgIpc) is 3.01. The van der Waals surface area contributed by atoms with Crippen molar-refractivity contribution in [2.45, 2.75) is 4.90 Å². The second-order valence-electron chi connectivity index (χ2n) is 5.07. The van der Waals surface area contributed by atoms with E-state index in [-0.39, 0.29) is 16.7 Å². The molecule has 1 aliphatic rings. The lowest BCUT2D eigenvalue weighted by molar-refractivity contribution is 0.252. The average molecular weight is 348 g/mol. The zero-order chi connectivity index (χ0) is 17.2. The molecule has 1 fully saturated rings. The molecule has 0 spiro atoms. The van der Waals surface area contributed by atoms with Gasteiger partial charge in [0.1, 0.15) is 4.90 Å². The highest BCUT2D eigenvalue weighted by Gasteiger charge is 2.23. The van der Waals surface area contributed by atoms with Gasteiger partial charge in [0.25, 0.3) is 0 Å². The van der Waals surface area contributed by atoms with E-state index >= 15 is 0 Å². The van der Waals surface area contributed by atoms with Crippen LogP contribution in [0, 0.1) is 0 Å². The molecule has 0 unspecified atom stereocenters. The van der Waals surface area contributed by atoms with E-state index in [0.717, 1.165) is 0 Å². The molecule has 2 aromatic rings. The number of methoxy groups -OCH3 is 1. The van der Waals surface area contributed by atoms with E-state index in [1.54, 1.807) is 30.3 Å². The summed E-state index contributed by atoms with van der Waals surface area (Å²) in [6, 6.07) is 12.3. The van der Waals surface area contributed by atoms with E-state index in [2.05, 4.69) is 5.32 Å². The quantitative estimate of drug-likeness (QED) is 0.836. The minimum absolute atomic E-state index is 0.00300. The number of nitrogens with one attached hydrogen (secondary N) is 1. The van der Waals surface area contributed by atoms with E-state index in [1.165, 1.54) is 30.2 Å². The first-order valence-corrected chi connectivity index (χ1v) is 8.65. The third-order valence-electron chi connectivity index (χ3n) is 3.56. The Kier molecular flexibility index (Phi) is 4.30. The maximum atomic E-state index is 12.4. The summed E-state index contributed by atoms with van der Waals surface area (Å²) in [5.74, 6) is 0.439. The summed E-state index contributed by atoms with van der Waals surface area (Å²) in [7, 11) is -2.56. The Morgan fingerprint density at radius 1 is 1.04 bits per heavy atom. The van der Waals surface area contributed by atoms with Crippen molar-refractivity contribution < 1.29 is 22.1 Å². The molecule has 2 aromatic carbocycles. The number of carbonyl (C=O) groups is 1. The van der Waals surface area contributed by atoms with Crippen LogP contribution in [0.4, 0.5) is 10.5 Å². The van der Waals surface area contributed by atoms with Crippen LogP contribution in [-0.2, 0) is 10.1 Å². The van der Waals surface area contributed by atoms with E-state index in [0.29, 0.717) is 24.5 Å². The smallest absolute Gasteiger partial charge is 0.339 e. The second-order valence-corrected chi connectivity index (χ2v) is 6.61. The van der Waals surface area contributed by atoms with Gasteiger partial charge < -0.3 is 14.2 Å². The van der Waals surface area contributed by atoms with Gasteiger partial charge in [-0.15, -0.1) is 0 Å². The fourth-order valence-corrected chi connectivity index (χ4v) is 3.30. The van der Waals surface area contributed by atoms with Gasteiger partial charge in [0, 0.05) is 18.8 Å². The molecule has 0 aliphatic carbocycles. The first-order valence-electron chi connectivity index (χ1n) is 7.24. The zero-order valence-corrected chi connectivity index (χ0v) is 13.7. The van der Waals surface area contributed by atoms with Crippen LogP contribution in [0.2, 0.25) is 0 Å². The van der Waals surface area contributed by atoms with Crippen molar-refractivity contribution in [3.63, 3.8) is 0 Å². The third kappa shape index (κ3) is 3.13. The molecule has 1 aliphatic heterocycles. The van der Waals surface area contributed by atoms with Gasteiger partial charge >= 0.3 is 16.1 Å². The first kappa shape index (κ1) is 16.1. The lowest BCUT2D eigenvalue weighted by atomic mass is 10.3. The van der Waals surface area contributed by atoms with Crippen LogP contribution in [-0.4, -0.2) is 34.6 Å². The molecule has 1 N–H and O–H groups in total. The molecule has 0 atom stereocenters. The number of carbonyl (C=O) groups excluding carboxylic acids is 1. The topological polar surface area (TPSA) is 84.9 Å². The molecule has 24 heavy (non-hydrogen) atoms. The van der Waals surface area contributed by atoms with Crippen molar-refractivity contribution in [3.05, 3.63) is 48.5 Å². The van der Waals surface area contributed by atoms with Crippen LogP contribution in [0.1, 0.15) is 0 Å². The lowest BCUT2D eigenvalue weighted by Gasteiger charge is -2.15. The van der Waals surface area contributed by atoms with Crippen molar-refractivity contribution in [2.75, 3.05) is 25.1 Å². The summed E-state index contributed by atoms with van der Waals surface area (Å²) in [5.41, 5.74) is 0.626. The van der Waals surface area contributed by atoms with Crippen molar-refractivity contribution in [1.82, 2.24) is 5.32 Å². The van der Waals surface area contributed by atoms with Gasteiger partial charge in [0.2, 0.25) is 0 Å². The molecule has 0 bridgehead atoms. The molecule has 126 valence electrons. The Bertz CT molecular complexity index is 849. The summed E-state index contributed by atoms with van der Waals surface area (Å²) in [6.45, 7) is 1.11. The molecule has 0 saturated carbocycles. The Balaban J connectivity index is 1.83. The fourth-order valence-electron chi connectivity index (χ4n) is 2.36. The molecule has 3 rings (SSSR count). The Morgan fingerprint density at radius 2 is 1.71 bits per heavy atom. The number of nitrogens with zero attached hydrogens (tertiary/aromatic N) is 1. The number of amides is 2. The van der Waals surface area contributed by atoms with Crippen LogP contribution in [0.3, 0.4) is 0 Å². The Morgan fingerprint density at radius 3 is 2.29 bits per heavy atom. The number of anilines is 1. The van der Waals surface area contributed by atoms with Crippen LogP contribution in [0.5, 0.6) is 11.5 Å². The van der Waals surface area contributed by atoms with Crippen LogP contribution < -0.4 is 19.1 Å². The van der Waals surface area contributed by atoms with Crippen LogP contribution >= 0.6 is 0 Å². The summed E-state index contributed by atoms with van der Waals surface area (Å²) < 4.78 is 35.0. The maximum absolute atomic E-state index is 12.4. The predicted octanol–water partition coefficient (Wildman–Crippen LogP) is 1.99. The highest BCUT2D eigenvalue weighted by Crippen LogP contribution is 2.29. The van der Waals surface area contributed by atoms with Crippen LogP contribution in [0.15, 0.2) is 53.4 Å². The second kappa shape index (κ2) is 6.40. The number of hydrogen-bond donors (Lipinski definition) is 1. The SMILES string of the molecule is COc1ccccc1OS(=O)(=O)c1ccc(N2CCNC2=O)cc1. The number of urea groups is 1. The summed E-state index contributed by atoms with van der Waals surface area (Å²) >= 11 is 0. The van der Waals surface area contributed by atoms with E-state index in [9.17, 15) is 13.2 Å². The van der Waals surface area contributed by atoms with E-state index in [1.807, 2.05) is 0 Å². The van der Waals surface area contributed by atoms with Gasteiger partial charge in [-0.3, -0.25) is 4.90 Å². The van der Waals surface area contributed by atoms with Gasteiger partial charge in [0.05, 0.1) is 7.11 Å². The third-order valence-corrected chi connectivity index (χ3v) is 4.81. The number of hydrogen-bond acceptors (Lipinski definition) is 5. The minimum atomic E-state index is -4.00. The normalized spacial score (nSPS) is 14.4. The van der Waals surface area contributed by atoms with E-state index in [4.69, 9.17) is 8.92 Å². The van der Waals surface area contributed by atoms with Gasteiger partial charge in [-0.1, -0.05) is 12.1 Å². The van der Waals surface area contributed by atoms with Gasteiger partial charge in [0.15, 0.2) is 11.5 Å². The highest BCUT2D eigenvalue weighted by atomic mass is 32.2. The Labute approximate surface area is 139 Å². The number of benzene rings is 2. The van der Waals surface area contributed by atoms with Crippen LogP contribution in [0.25, 0.3) is 0 Å². The number of ether oxygens (including phenoxy) is 1. The van der Waals surface area contributed by atoms with Gasteiger partial charge in [-0.2, -0.15) is 8.42 Å². The molecule has 0 aromatic heterocycles. The number of rotatable bonds is 5. The molecule has 1 heterocycles. The molecule has 2 amide bonds. The Hall–Kier alpha value is -2.74. The summed E-state index contributed by atoms with van der Waals surface area (Å²) in [6.07, 6.45) is 0. The van der Waals surface area contributed by atoms with E-state index < -0.39 is 10.1 Å². The molecular formula is C16H16N2O5S. The molecule has 1 saturated heterocycles. The van der Waals surface area contributed by atoms with Gasteiger partial charge in [-0.05, 0) is 36.4 Å².